The summed E-state index contributed by atoms with van der Waals surface area (Å²) < 4.78 is 14.9. The molecule has 8 heteroatoms. The van der Waals surface area contributed by atoms with Gasteiger partial charge in [-0.15, -0.1) is 0 Å². The van der Waals surface area contributed by atoms with E-state index >= 15 is 0 Å². The lowest BCUT2D eigenvalue weighted by atomic mass is 10.0. The second kappa shape index (κ2) is 7.91. The zero-order valence-electron chi connectivity index (χ0n) is 16.5. The molecule has 3 aromatic rings. The second-order valence-electron chi connectivity index (χ2n) is 7.22. The number of carbonyl (C=O) groups is 2. The van der Waals surface area contributed by atoms with Crippen molar-refractivity contribution in [3.8, 4) is 11.1 Å². The molecule has 1 aromatic heterocycles. The highest BCUT2D eigenvalue weighted by Gasteiger charge is 2.36. The van der Waals surface area contributed by atoms with Gasteiger partial charge in [-0.25, -0.2) is 9.07 Å². The summed E-state index contributed by atoms with van der Waals surface area (Å²) >= 11 is 5.76. The van der Waals surface area contributed by atoms with E-state index in [0.29, 0.717) is 17.9 Å². The van der Waals surface area contributed by atoms with E-state index in [1.54, 1.807) is 4.68 Å². The van der Waals surface area contributed by atoms with E-state index in [1.165, 1.54) is 18.2 Å². The first kappa shape index (κ1) is 20.1. The number of hydrogen-bond acceptors (Lipinski definition) is 3. The van der Waals surface area contributed by atoms with Crippen molar-refractivity contribution in [2.24, 2.45) is 0 Å². The van der Waals surface area contributed by atoms with Crippen molar-refractivity contribution >= 4 is 34.9 Å². The Labute approximate surface area is 178 Å². The van der Waals surface area contributed by atoms with Gasteiger partial charge in [0.2, 0.25) is 5.91 Å². The highest BCUT2D eigenvalue weighted by molar-refractivity contribution is 6.31. The normalized spacial score (nSPS) is 15.1. The molecule has 30 heavy (non-hydrogen) atoms. The predicted octanol–water partition coefficient (Wildman–Crippen LogP) is 4.74. The van der Waals surface area contributed by atoms with Crippen molar-refractivity contribution in [1.82, 2.24) is 9.78 Å². The van der Waals surface area contributed by atoms with Crippen LogP contribution in [0.2, 0.25) is 5.02 Å². The average Bonchev–Trinajstić information content (AvgIpc) is 3.21. The Morgan fingerprint density at radius 3 is 2.67 bits per heavy atom. The molecule has 2 amide bonds. The lowest BCUT2D eigenvalue weighted by Gasteiger charge is -2.10. The fourth-order valence-corrected chi connectivity index (χ4v) is 3.73. The van der Waals surface area contributed by atoms with Gasteiger partial charge >= 0.3 is 0 Å². The molecule has 6 nitrogen and oxygen atoms in total. The van der Waals surface area contributed by atoms with E-state index in [1.807, 2.05) is 38.1 Å². The maximum Gasteiger partial charge on any atom is 0.251 e. The van der Waals surface area contributed by atoms with Crippen molar-refractivity contribution < 1.29 is 14.0 Å². The maximum absolute atomic E-state index is 13.3. The fraction of sp³-hybridized carbons (Fsp3) is 0.227. The molecule has 0 aliphatic carbocycles. The third-order valence-corrected chi connectivity index (χ3v) is 5.37. The molecule has 4 rings (SSSR count). The Balaban J connectivity index is 1.60. The van der Waals surface area contributed by atoms with Crippen LogP contribution in [0.25, 0.3) is 11.1 Å². The van der Waals surface area contributed by atoms with Gasteiger partial charge < -0.3 is 10.6 Å². The first-order chi connectivity index (χ1) is 14.4. The molecule has 0 bridgehead atoms. The van der Waals surface area contributed by atoms with E-state index in [2.05, 4.69) is 15.7 Å². The van der Waals surface area contributed by atoms with Crippen LogP contribution >= 0.6 is 11.6 Å². The number of aryl methyl sites for hydroxylation is 2. The van der Waals surface area contributed by atoms with E-state index in [-0.39, 0.29) is 17.4 Å². The molecular weight excluding hydrogens is 407 g/mol. The Bertz CT molecular complexity index is 1140. The molecule has 2 heterocycles. The number of anilines is 2. The Morgan fingerprint density at radius 2 is 2.00 bits per heavy atom. The fourth-order valence-electron chi connectivity index (χ4n) is 3.55. The van der Waals surface area contributed by atoms with Crippen LogP contribution in [0.4, 0.5) is 15.9 Å². The van der Waals surface area contributed by atoms with Crippen LogP contribution in [0, 0.1) is 12.7 Å². The quantitative estimate of drug-likeness (QED) is 0.619. The monoisotopic (exact) mass is 426 g/mol. The zero-order valence-corrected chi connectivity index (χ0v) is 17.3. The van der Waals surface area contributed by atoms with Gasteiger partial charge in [0.05, 0.1) is 17.1 Å². The summed E-state index contributed by atoms with van der Waals surface area (Å²) in [5.74, 6) is -0.651. The number of halogens is 2. The largest absolute Gasteiger partial charge is 0.326 e. The van der Waals surface area contributed by atoms with E-state index < -0.39 is 17.8 Å². The lowest BCUT2D eigenvalue weighted by molar-refractivity contribution is -0.123. The van der Waals surface area contributed by atoms with Gasteiger partial charge in [-0.1, -0.05) is 48.4 Å². The van der Waals surface area contributed by atoms with Gasteiger partial charge in [0.1, 0.15) is 17.7 Å². The molecule has 0 radical (unpaired) electrons. The minimum atomic E-state index is -0.764. The minimum absolute atomic E-state index is 0.0869. The number of rotatable bonds is 5. The molecule has 0 spiro atoms. The van der Waals surface area contributed by atoms with Gasteiger partial charge in [0.25, 0.3) is 5.91 Å². The molecule has 1 aliphatic rings. The third kappa shape index (κ3) is 3.68. The smallest absolute Gasteiger partial charge is 0.251 e. The van der Waals surface area contributed by atoms with Crippen molar-refractivity contribution in [2.45, 2.75) is 32.7 Å². The number of amides is 2. The zero-order chi connectivity index (χ0) is 21.4. The molecular formula is C22H20ClFN4O2. The number of hydrogen-bond donors (Lipinski definition) is 2. The van der Waals surface area contributed by atoms with Gasteiger partial charge in [0.15, 0.2) is 0 Å². The molecule has 2 aromatic carbocycles. The van der Waals surface area contributed by atoms with Crippen LogP contribution in [0.5, 0.6) is 0 Å². The number of nitrogens with zero attached hydrogens (tertiary/aromatic N) is 2. The van der Waals surface area contributed by atoms with E-state index in [4.69, 9.17) is 11.6 Å². The second-order valence-corrected chi connectivity index (χ2v) is 7.63. The highest BCUT2D eigenvalue weighted by atomic mass is 35.5. The van der Waals surface area contributed by atoms with Crippen LogP contribution < -0.4 is 10.6 Å². The Kier molecular flexibility index (Phi) is 5.30. The summed E-state index contributed by atoms with van der Waals surface area (Å²) in [5, 5.41) is 10.1. The lowest BCUT2D eigenvalue weighted by Crippen LogP contribution is -2.24. The van der Waals surface area contributed by atoms with Crippen LogP contribution in [0.15, 0.2) is 42.5 Å². The topological polar surface area (TPSA) is 76.0 Å². The maximum atomic E-state index is 13.3. The SMILES string of the molecule is CCc1nn2c(c1-c1ccc(C)cc1)NC(=O)C2CC(=O)Nc1ccc(F)c(Cl)c1. The summed E-state index contributed by atoms with van der Waals surface area (Å²) in [6, 6.07) is 11.2. The third-order valence-electron chi connectivity index (χ3n) is 5.08. The first-order valence-corrected chi connectivity index (χ1v) is 9.99. The highest BCUT2D eigenvalue weighted by Crippen LogP contribution is 2.39. The number of aromatic nitrogens is 2. The average molecular weight is 427 g/mol. The molecule has 154 valence electrons. The Hall–Kier alpha value is -3.19. The molecule has 1 unspecified atom stereocenters. The Morgan fingerprint density at radius 1 is 1.27 bits per heavy atom. The number of fused-ring (bicyclic) bond motifs is 1. The molecule has 1 aliphatic heterocycles. The van der Waals surface area contributed by atoms with Crippen LogP contribution in [-0.4, -0.2) is 21.6 Å². The minimum Gasteiger partial charge on any atom is -0.326 e. The summed E-state index contributed by atoms with van der Waals surface area (Å²) in [5.41, 5.74) is 4.19. The molecule has 2 N–H and O–H groups in total. The van der Waals surface area contributed by atoms with Crippen LogP contribution in [-0.2, 0) is 16.0 Å². The van der Waals surface area contributed by atoms with Crippen molar-refractivity contribution in [3.05, 3.63) is 64.6 Å². The number of nitrogens with one attached hydrogen (secondary N) is 2. The van der Waals surface area contributed by atoms with Gasteiger partial charge in [0, 0.05) is 11.3 Å². The van der Waals surface area contributed by atoms with Gasteiger partial charge in [-0.2, -0.15) is 5.10 Å². The number of carbonyl (C=O) groups excluding carboxylic acids is 2. The summed E-state index contributed by atoms with van der Waals surface area (Å²) in [4.78, 5) is 25.1. The predicted molar refractivity (Wildman–Crippen MR) is 114 cm³/mol. The van der Waals surface area contributed by atoms with Gasteiger partial charge in [-0.05, 0) is 37.1 Å². The summed E-state index contributed by atoms with van der Waals surface area (Å²) in [6.07, 6.45) is 0.581. The standard InChI is InChI=1S/C22H20ClFN4O2/c1-3-17-20(13-6-4-12(2)5-7-13)21-26-22(30)18(28(21)27-17)11-19(29)25-14-8-9-16(24)15(23)10-14/h4-10,18H,3,11H2,1-2H3,(H,25,29)(H,26,30). The summed E-state index contributed by atoms with van der Waals surface area (Å²) in [7, 11) is 0. The molecule has 1 atom stereocenters. The molecule has 0 fully saturated rings. The van der Waals surface area contributed by atoms with E-state index in [9.17, 15) is 14.0 Å². The molecule has 0 saturated carbocycles. The first-order valence-electron chi connectivity index (χ1n) is 9.61. The van der Waals surface area contributed by atoms with Crippen LogP contribution in [0.1, 0.15) is 30.6 Å². The molecule has 0 saturated heterocycles. The van der Waals surface area contributed by atoms with Crippen molar-refractivity contribution in [2.75, 3.05) is 10.6 Å². The van der Waals surface area contributed by atoms with E-state index in [0.717, 1.165) is 22.4 Å². The summed E-state index contributed by atoms with van der Waals surface area (Å²) in [6.45, 7) is 4.01. The van der Waals surface area contributed by atoms with Crippen molar-refractivity contribution in [3.63, 3.8) is 0 Å². The van der Waals surface area contributed by atoms with Gasteiger partial charge in [-0.3, -0.25) is 9.59 Å². The van der Waals surface area contributed by atoms with Crippen LogP contribution in [0.3, 0.4) is 0 Å². The number of benzene rings is 2. The van der Waals surface area contributed by atoms with Crippen molar-refractivity contribution in [1.29, 1.82) is 0 Å².